The van der Waals surface area contributed by atoms with Gasteiger partial charge in [0.25, 0.3) is 0 Å². The van der Waals surface area contributed by atoms with Gasteiger partial charge in [0.2, 0.25) is 5.91 Å². The molecular weight excluding hydrogens is 425 g/mol. The fraction of sp³-hybridized carbons (Fsp3) is 0.292. The van der Waals surface area contributed by atoms with E-state index in [4.69, 9.17) is 10.5 Å². The molecule has 1 fully saturated rings. The maximum absolute atomic E-state index is 15.1. The molecule has 3 aromatic rings. The Hall–Kier alpha value is -3.88. The zero-order valence-corrected chi connectivity index (χ0v) is 18.4. The molecule has 170 valence electrons. The Kier molecular flexibility index (Phi) is 4.84. The van der Waals surface area contributed by atoms with E-state index in [1.165, 1.54) is 4.68 Å². The van der Waals surface area contributed by atoms with E-state index in [0.717, 1.165) is 11.1 Å². The highest BCUT2D eigenvalue weighted by Crippen LogP contribution is 2.44. The van der Waals surface area contributed by atoms with E-state index in [9.17, 15) is 9.59 Å². The van der Waals surface area contributed by atoms with Gasteiger partial charge < -0.3 is 15.4 Å². The van der Waals surface area contributed by atoms with Gasteiger partial charge in [0.05, 0.1) is 23.5 Å². The zero-order valence-electron chi connectivity index (χ0n) is 18.4. The Balaban J connectivity index is 1.38. The molecule has 33 heavy (non-hydrogen) atoms. The van der Waals surface area contributed by atoms with Gasteiger partial charge in [0.1, 0.15) is 18.2 Å². The average molecular weight is 449 g/mol. The normalized spacial score (nSPS) is 19.4. The maximum atomic E-state index is 15.1. The van der Waals surface area contributed by atoms with Gasteiger partial charge in [-0.05, 0) is 31.5 Å². The van der Waals surface area contributed by atoms with Crippen molar-refractivity contribution in [3.05, 3.63) is 65.0 Å². The van der Waals surface area contributed by atoms with Crippen LogP contribution in [0.5, 0.6) is 0 Å². The van der Waals surface area contributed by atoms with Crippen LogP contribution in [0.3, 0.4) is 0 Å². The van der Waals surface area contributed by atoms with Crippen molar-refractivity contribution in [1.82, 2.24) is 14.7 Å². The predicted octanol–water partition coefficient (Wildman–Crippen LogP) is 3.58. The first-order chi connectivity index (χ1) is 15.8. The summed E-state index contributed by atoms with van der Waals surface area (Å²) < 4.78 is 22.1. The van der Waals surface area contributed by atoms with Crippen LogP contribution in [0.2, 0.25) is 0 Å². The Bertz CT molecular complexity index is 1290. The van der Waals surface area contributed by atoms with Crippen molar-refractivity contribution in [2.75, 3.05) is 24.1 Å². The SMILES string of the molecule is Cc1cccc(-c2cc(N)n(CC(=O)N3CC[C@@]4(C3)OC(=O)Nc3ccc(C)c(F)c34)n2)c1. The van der Waals surface area contributed by atoms with Crippen molar-refractivity contribution in [1.29, 1.82) is 0 Å². The number of carbonyl (C=O) groups excluding carboxylic acids is 2. The molecule has 2 aliphatic heterocycles. The van der Waals surface area contributed by atoms with E-state index < -0.39 is 17.5 Å². The number of benzene rings is 2. The number of fused-ring (bicyclic) bond motifs is 2. The van der Waals surface area contributed by atoms with Crippen LogP contribution in [0, 0.1) is 19.7 Å². The molecule has 0 bridgehead atoms. The molecule has 8 nitrogen and oxygen atoms in total. The summed E-state index contributed by atoms with van der Waals surface area (Å²) in [5, 5.41) is 7.06. The number of aromatic nitrogens is 2. The largest absolute Gasteiger partial charge is 0.436 e. The molecule has 0 aliphatic carbocycles. The lowest BCUT2D eigenvalue weighted by Gasteiger charge is -2.35. The topological polar surface area (TPSA) is 102 Å². The van der Waals surface area contributed by atoms with Crippen LogP contribution in [0.1, 0.15) is 23.1 Å². The third-order valence-corrected chi connectivity index (χ3v) is 6.31. The Labute approximate surface area is 190 Å². The molecule has 9 heteroatoms. The van der Waals surface area contributed by atoms with Crippen molar-refractivity contribution in [3.8, 4) is 11.3 Å². The summed E-state index contributed by atoms with van der Waals surface area (Å²) in [7, 11) is 0. The van der Waals surface area contributed by atoms with Crippen LogP contribution in [0.25, 0.3) is 11.3 Å². The van der Waals surface area contributed by atoms with Crippen molar-refractivity contribution < 1.29 is 18.7 Å². The number of anilines is 2. The van der Waals surface area contributed by atoms with Crippen LogP contribution in [0.4, 0.5) is 20.7 Å². The highest BCUT2D eigenvalue weighted by Gasteiger charge is 2.50. The number of carbonyl (C=O) groups is 2. The lowest BCUT2D eigenvalue weighted by atomic mass is 9.88. The number of ether oxygens (including phenoxy) is 1. The minimum Gasteiger partial charge on any atom is -0.436 e. The molecule has 2 aliphatic rings. The summed E-state index contributed by atoms with van der Waals surface area (Å²) in [5.74, 6) is -0.295. The van der Waals surface area contributed by atoms with E-state index in [-0.39, 0.29) is 24.6 Å². The van der Waals surface area contributed by atoms with Crippen LogP contribution in [0.15, 0.2) is 42.5 Å². The van der Waals surface area contributed by atoms with Gasteiger partial charge in [-0.3, -0.25) is 10.1 Å². The second kappa shape index (κ2) is 7.61. The number of nitrogens with zero attached hydrogens (tertiary/aromatic N) is 3. The first-order valence-corrected chi connectivity index (χ1v) is 10.7. The van der Waals surface area contributed by atoms with E-state index in [1.54, 1.807) is 30.0 Å². The van der Waals surface area contributed by atoms with Crippen molar-refractivity contribution in [2.24, 2.45) is 0 Å². The number of nitrogens with two attached hydrogens (primary N) is 1. The molecule has 0 unspecified atom stereocenters. The molecule has 1 aromatic heterocycles. The van der Waals surface area contributed by atoms with Gasteiger partial charge in [-0.1, -0.05) is 29.8 Å². The highest BCUT2D eigenvalue weighted by atomic mass is 19.1. The highest BCUT2D eigenvalue weighted by molar-refractivity contribution is 5.89. The first kappa shape index (κ1) is 21.0. The number of amides is 2. The molecular formula is C24H24FN5O3. The molecule has 1 spiro atoms. The summed E-state index contributed by atoms with van der Waals surface area (Å²) in [6.07, 6.45) is -0.345. The number of halogens is 1. The fourth-order valence-corrected chi connectivity index (χ4v) is 4.61. The molecule has 3 heterocycles. The Morgan fingerprint density at radius 2 is 2.09 bits per heavy atom. The van der Waals surface area contributed by atoms with Crippen molar-refractivity contribution in [2.45, 2.75) is 32.4 Å². The Morgan fingerprint density at radius 3 is 2.88 bits per heavy atom. The van der Waals surface area contributed by atoms with Crippen LogP contribution >= 0.6 is 0 Å². The lowest BCUT2D eigenvalue weighted by molar-refractivity contribution is -0.132. The zero-order chi connectivity index (χ0) is 23.3. The summed E-state index contributed by atoms with van der Waals surface area (Å²) in [4.78, 5) is 26.8. The van der Waals surface area contributed by atoms with E-state index >= 15 is 4.39 Å². The van der Waals surface area contributed by atoms with Gasteiger partial charge in [-0.25, -0.2) is 13.9 Å². The third kappa shape index (κ3) is 3.59. The number of hydrogen-bond acceptors (Lipinski definition) is 5. The van der Waals surface area contributed by atoms with E-state index in [1.807, 2.05) is 31.2 Å². The number of aryl methyl sites for hydroxylation is 2. The average Bonchev–Trinajstić information content (AvgIpc) is 3.35. The first-order valence-electron chi connectivity index (χ1n) is 10.7. The van der Waals surface area contributed by atoms with E-state index in [2.05, 4.69) is 10.4 Å². The van der Waals surface area contributed by atoms with Gasteiger partial charge in [0.15, 0.2) is 5.60 Å². The second-order valence-corrected chi connectivity index (χ2v) is 8.67. The maximum Gasteiger partial charge on any atom is 0.412 e. The molecule has 5 rings (SSSR count). The molecule has 0 radical (unpaired) electrons. The molecule has 1 atom stereocenters. The van der Waals surface area contributed by atoms with Crippen molar-refractivity contribution >= 4 is 23.5 Å². The summed E-state index contributed by atoms with van der Waals surface area (Å²) in [6, 6.07) is 12.9. The molecule has 2 amide bonds. The van der Waals surface area contributed by atoms with Gasteiger partial charge in [-0.2, -0.15) is 5.10 Å². The monoisotopic (exact) mass is 449 g/mol. The minimum atomic E-state index is -1.22. The van der Waals surface area contributed by atoms with Gasteiger partial charge in [0, 0.05) is 24.6 Å². The predicted molar refractivity (Wildman–Crippen MR) is 121 cm³/mol. The second-order valence-electron chi connectivity index (χ2n) is 8.67. The van der Waals surface area contributed by atoms with Gasteiger partial charge in [-0.15, -0.1) is 0 Å². The number of nitrogen functional groups attached to an aromatic ring is 1. The lowest BCUT2D eigenvalue weighted by Crippen LogP contribution is -2.44. The van der Waals surface area contributed by atoms with Crippen LogP contribution in [-0.2, 0) is 21.7 Å². The number of likely N-dealkylation sites (tertiary alicyclic amines) is 1. The number of hydrogen-bond donors (Lipinski definition) is 2. The van der Waals surface area contributed by atoms with E-state index in [0.29, 0.717) is 35.7 Å². The quantitative estimate of drug-likeness (QED) is 0.636. The number of nitrogens with one attached hydrogen (secondary N) is 1. The minimum absolute atomic E-state index is 0.0664. The molecule has 0 saturated carbocycles. The van der Waals surface area contributed by atoms with Crippen LogP contribution < -0.4 is 11.1 Å². The summed E-state index contributed by atoms with van der Waals surface area (Å²) in [5.41, 5.74) is 8.71. The smallest absolute Gasteiger partial charge is 0.412 e. The molecule has 3 N–H and O–H groups in total. The summed E-state index contributed by atoms with van der Waals surface area (Å²) in [6.45, 7) is 3.98. The third-order valence-electron chi connectivity index (χ3n) is 6.31. The fourth-order valence-electron chi connectivity index (χ4n) is 4.61. The molecule has 1 saturated heterocycles. The van der Waals surface area contributed by atoms with Crippen LogP contribution in [-0.4, -0.2) is 39.8 Å². The standard InChI is InChI=1S/C24H24FN5O3/c1-14-4-3-5-16(10-14)18-11-19(26)30(28-18)12-20(31)29-9-8-24(13-29)21-17(27-23(32)33-24)7-6-15(2)22(21)25/h3-7,10-11H,8-9,12-13,26H2,1-2H3,(H,27,32)/t24-/m0/s1. The summed E-state index contributed by atoms with van der Waals surface area (Å²) >= 11 is 0. The molecule has 2 aromatic carbocycles. The van der Waals surface area contributed by atoms with Crippen molar-refractivity contribution in [3.63, 3.8) is 0 Å². The number of rotatable bonds is 3. The Morgan fingerprint density at radius 1 is 1.27 bits per heavy atom. The van der Waals surface area contributed by atoms with Gasteiger partial charge >= 0.3 is 6.09 Å².